The fourth-order valence-electron chi connectivity index (χ4n) is 8.43. The van der Waals surface area contributed by atoms with Crippen molar-refractivity contribution >= 4 is 5.97 Å². The van der Waals surface area contributed by atoms with Gasteiger partial charge in [0.05, 0.1) is 12.0 Å². The number of hydrogen-bond donors (Lipinski definition) is 5. The maximum Gasteiger partial charge on any atom is 0.306 e. The van der Waals surface area contributed by atoms with E-state index in [0.717, 1.165) is 0 Å². The molecule has 7 atom stereocenters. The molecule has 3 fully saturated rings. The van der Waals surface area contributed by atoms with Crippen molar-refractivity contribution in [2.75, 3.05) is 0 Å². The van der Waals surface area contributed by atoms with Gasteiger partial charge < -0.3 is 26.5 Å². The highest BCUT2D eigenvalue weighted by atomic mass is 16.5. The average molecular weight is 552 g/mol. The standard InChI is InChI=1S/C29H53N5O5/c1-24(2)15-21(23(35)36)16-28(7,32(24)37)11-9-26(5)13-20(19-30)14-27(6,34(26)39)10-12-29(8)18-22(31)17-25(3,4)33(29)38/h20-22,37-39H,9-18,31H2,1-8H3,(H,35,36). The van der Waals surface area contributed by atoms with Crippen LogP contribution in [0.25, 0.3) is 0 Å². The molecule has 6 N–H and O–H groups in total. The van der Waals surface area contributed by atoms with Gasteiger partial charge in [0, 0.05) is 45.2 Å². The number of aliphatic carboxylic acids is 1. The highest BCUT2D eigenvalue weighted by molar-refractivity contribution is 5.70. The van der Waals surface area contributed by atoms with Crippen LogP contribution in [0.15, 0.2) is 0 Å². The number of rotatable bonds is 7. The Bertz CT molecular complexity index is 970. The molecule has 0 aromatic heterocycles. The molecule has 10 heteroatoms. The lowest BCUT2D eigenvalue weighted by Crippen LogP contribution is -2.66. The van der Waals surface area contributed by atoms with Gasteiger partial charge in [-0.2, -0.15) is 20.5 Å². The zero-order chi connectivity index (χ0) is 29.8. The van der Waals surface area contributed by atoms with E-state index >= 15 is 0 Å². The van der Waals surface area contributed by atoms with Crippen molar-refractivity contribution in [2.45, 2.75) is 159 Å². The molecular weight excluding hydrogens is 498 g/mol. The summed E-state index contributed by atoms with van der Waals surface area (Å²) >= 11 is 0. The molecule has 0 radical (unpaired) electrons. The first-order chi connectivity index (χ1) is 17.6. The molecule has 3 aliphatic heterocycles. The van der Waals surface area contributed by atoms with Crippen LogP contribution in [0, 0.1) is 23.2 Å². The summed E-state index contributed by atoms with van der Waals surface area (Å²) in [6, 6.07) is 2.41. The van der Waals surface area contributed by atoms with Gasteiger partial charge in [-0.3, -0.25) is 4.79 Å². The smallest absolute Gasteiger partial charge is 0.306 e. The Balaban J connectivity index is 1.82. The normalized spacial score (nSPS) is 43.6. The van der Waals surface area contributed by atoms with E-state index in [1.54, 1.807) is 0 Å². The van der Waals surface area contributed by atoms with Crippen LogP contribution in [-0.2, 0) is 4.79 Å². The zero-order valence-electron chi connectivity index (χ0n) is 25.4. The van der Waals surface area contributed by atoms with Crippen LogP contribution < -0.4 is 5.73 Å². The third-order valence-electron chi connectivity index (χ3n) is 10.4. The molecular formula is C29H53N5O5. The Hall–Kier alpha value is -1.32. The maximum atomic E-state index is 11.9. The van der Waals surface area contributed by atoms with E-state index in [9.17, 15) is 30.8 Å². The van der Waals surface area contributed by atoms with Crippen molar-refractivity contribution in [3.8, 4) is 6.07 Å². The fourth-order valence-corrected chi connectivity index (χ4v) is 8.43. The van der Waals surface area contributed by atoms with Crippen LogP contribution in [0.2, 0.25) is 0 Å². The number of carboxylic acid groups (broad SMARTS) is 1. The highest BCUT2D eigenvalue weighted by Gasteiger charge is 2.55. The van der Waals surface area contributed by atoms with Gasteiger partial charge in [-0.05, 0) is 120 Å². The number of nitriles is 1. The Morgan fingerprint density at radius 3 is 1.51 bits per heavy atom. The van der Waals surface area contributed by atoms with Crippen LogP contribution >= 0.6 is 0 Å². The zero-order valence-corrected chi connectivity index (χ0v) is 25.4. The lowest BCUT2D eigenvalue weighted by molar-refractivity contribution is -0.282. The van der Waals surface area contributed by atoms with Crippen LogP contribution in [0.3, 0.4) is 0 Å². The second kappa shape index (κ2) is 10.5. The Labute approximate surface area is 234 Å². The van der Waals surface area contributed by atoms with Gasteiger partial charge in [-0.15, -0.1) is 0 Å². The first-order valence-corrected chi connectivity index (χ1v) is 14.5. The third-order valence-corrected chi connectivity index (χ3v) is 10.4. The lowest BCUT2D eigenvalue weighted by Gasteiger charge is -2.57. The van der Waals surface area contributed by atoms with Crippen LogP contribution in [0.5, 0.6) is 0 Å². The second-order valence-corrected chi connectivity index (χ2v) is 15.4. The van der Waals surface area contributed by atoms with E-state index in [-0.39, 0.29) is 12.0 Å². The van der Waals surface area contributed by atoms with Gasteiger partial charge >= 0.3 is 5.97 Å². The molecule has 224 valence electrons. The number of carbonyl (C=O) groups is 1. The summed E-state index contributed by atoms with van der Waals surface area (Å²) < 4.78 is 0. The van der Waals surface area contributed by atoms with Gasteiger partial charge in [0.2, 0.25) is 0 Å². The third kappa shape index (κ3) is 6.15. The van der Waals surface area contributed by atoms with Gasteiger partial charge in [-0.1, -0.05) is 0 Å². The van der Waals surface area contributed by atoms with Crippen molar-refractivity contribution in [3.63, 3.8) is 0 Å². The number of carboxylic acids is 1. The summed E-state index contributed by atoms with van der Waals surface area (Å²) in [4.78, 5) is 11.9. The van der Waals surface area contributed by atoms with E-state index in [1.807, 2.05) is 55.4 Å². The highest BCUT2D eigenvalue weighted by Crippen LogP contribution is 2.49. The number of hydrogen-bond acceptors (Lipinski definition) is 9. The molecule has 3 rings (SSSR count). The molecule has 3 saturated heterocycles. The van der Waals surface area contributed by atoms with Crippen molar-refractivity contribution in [3.05, 3.63) is 0 Å². The minimum atomic E-state index is -0.857. The minimum Gasteiger partial charge on any atom is -0.481 e. The predicted octanol–water partition coefficient (Wildman–Crippen LogP) is 4.76. The van der Waals surface area contributed by atoms with E-state index in [0.29, 0.717) is 64.2 Å². The van der Waals surface area contributed by atoms with E-state index < -0.39 is 45.1 Å². The summed E-state index contributed by atoms with van der Waals surface area (Å²) in [5.41, 5.74) is 2.40. The van der Waals surface area contributed by atoms with E-state index in [1.165, 1.54) is 15.2 Å². The summed E-state index contributed by atoms with van der Waals surface area (Å²) in [7, 11) is 0. The average Bonchev–Trinajstić information content (AvgIpc) is 2.81. The molecule has 7 unspecified atom stereocenters. The number of hydroxylamine groups is 6. The molecule has 39 heavy (non-hydrogen) atoms. The fraction of sp³-hybridized carbons (Fsp3) is 0.931. The SMILES string of the molecule is CC1(C)CC(N)CC(C)(CCC2(C)CC(C#N)CC(C)(CCC3(C)CC(C(=O)O)CC(C)(C)N3O)N2O)N1O. The molecule has 0 aromatic carbocycles. The van der Waals surface area contributed by atoms with Crippen molar-refractivity contribution in [1.82, 2.24) is 15.2 Å². The second-order valence-electron chi connectivity index (χ2n) is 15.4. The molecule has 10 nitrogen and oxygen atoms in total. The van der Waals surface area contributed by atoms with Gasteiger partial charge in [-0.25, -0.2) is 0 Å². The molecule has 0 amide bonds. The first-order valence-electron chi connectivity index (χ1n) is 14.5. The molecule has 3 heterocycles. The molecule has 0 aromatic rings. The maximum absolute atomic E-state index is 11.9. The quantitative estimate of drug-likeness (QED) is 0.299. The van der Waals surface area contributed by atoms with E-state index in [4.69, 9.17) is 5.73 Å². The monoisotopic (exact) mass is 551 g/mol. The number of piperidine rings is 3. The largest absolute Gasteiger partial charge is 0.481 e. The number of nitrogens with two attached hydrogens (primary N) is 1. The molecule has 0 spiro atoms. The summed E-state index contributed by atoms with van der Waals surface area (Å²) in [5.74, 6) is -1.69. The van der Waals surface area contributed by atoms with E-state index in [2.05, 4.69) is 6.07 Å². The Morgan fingerprint density at radius 2 is 1.10 bits per heavy atom. The van der Waals surface area contributed by atoms with Crippen LogP contribution in [-0.4, -0.2) is 81.2 Å². The summed E-state index contributed by atoms with van der Waals surface area (Å²) in [6.45, 7) is 15.5. The van der Waals surface area contributed by atoms with Crippen molar-refractivity contribution < 1.29 is 25.5 Å². The molecule has 0 bridgehead atoms. The van der Waals surface area contributed by atoms with Gasteiger partial charge in [0.15, 0.2) is 0 Å². The molecule has 0 aliphatic carbocycles. The summed E-state index contributed by atoms with van der Waals surface area (Å²) in [6.07, 6.45) is 5.07. The molecule has 0 saturated carbocycles. The van der Waals surface area contributed by atoms with Crippen LogP contribution in [0.4, 0.5) is 0 Å². The lowest BCUT2D eigenvalue weighted by atomic mass is 9.67. The Kier molecular flexibility index (Phi) is 8.67. The number of nitrogens with zero attached hydrogens (tertiary/aromatic N) is 4. The van der Waals surface area contributed by atoms with Crippen LogP contribution in [0.1, 0.15) is 120 Å². The summed E-state index contributed by atoms with van der Waals surface area (Å²) in [5, 5.41) is 58.0. The van der Waals surface area contributed by atoms with Gasteiger partial charge in [0.1, 0.15) is 0 Å². The first kappa shape index (κ1) is 32.2. The van der Waals surface area contributed by atoms with Gasteiger partial charge in [0.25, 0.3) is 0 Å². The van der Waals surface area contributed by atoms with Crippen molar-refractivity contribution in [1.29, 1.82) is 5.26 Å². The topological polar surface area (TPSA) is 158 Å². The van der Waals surface area contributed by atoms with Crippen molar-refractivity contribution in [2.24, 2.45) is 17.6 Å². The minimum absolute atomic E-state index is 0.0357. The predicted molar refractivity (Wildman–Crippen MR) is 147 cm³/mol. The Morgan fingerprint density at radius 1 is 0.718 bits per heavy atom. The molecule has 3 aliphatic rings.